The number of hydrogen-bond donors (Lipinski definition) is 1. The summed E-state index contributed by atoms with van der Waals surface area (Å²) < 4.78 is 5.62. The van der Waals surface area contributed by atoms with Crippen molar-refractivity contribution in [1.82, 2.24) is 0 Å². The molecule has 1 saturated heterocycles. The molecule has 1 aliphatic heterocycles. The molecule has 2 nitrogen and oxygen atoms in total. The van der Waals surface area contributed by atoms with Crippen molar-refractivity contribution in [2.45, 2.75) is 57.2 Å². The molecule has 1 rings (SSSR count). The summed E-state index contributed by atoms with van der Waals surface area (Å²) in [6.07, 6.45) is 9.54. The first-order valence-corrected chi connectivity index (χ1v) is 5.73. The fourth-order valence-electron chi connectivity index (χ4n) is 1.93. The van der Waals surface area contributed by atoms with Crippen LogP contribution in [-0.2, 0) is 4.74 Å². The van der Waals surface area contributed by atoms with Crippen LogP contribution in [0.5, 0.6) is 0 Å². The van der Waals surface area contributed by atoms with Crippen LogP contribution in [0, 0.1) is 0 Å². The van der Waals surface area contributed by atoms with Gasteiger partial charge in [0.25, 0.3) is 0 Å². The Labute approximate surface area is 87.0 Å². The number of hydrogen-bond acceptors (Lipinski definition) is 2. The Hall–Kier alpha value is -0.340. The minimum atomic E-state index is -0.198. The van der Waals surface area contributed by atoms with E-state index in [2.05, 4.69) is 6.58 Å². The first kappa shape index (κ1) is 11.7. The Morgan fingerprint density at radius 3 is 3.00 bits per heavy atom. The van der Waals surface area contributed by atoms with Gasteiger partial charge in [-0.05, 0) is 44.9 Å². The molecular weight excluding hydrogens is 176 g/mol. The lowest BCUT2D eigenvalue weighted by atomic mass is 10.0. The quantitative estimate of drug-likeness (QED) is 0.665. The second-order valence-electron chi connectivity index (χ2n) is 4.10. The van der Waals surface area contributed by atoms with E-state index in [-0.39, 0.29) is 6.10 Å². The van der Waals surface area contributed by atoms with Gasteiger partial charge in [0.2, 0.25) is 0 Å². The van der Waals surface area contributed by atoms with Gasteiger partial charge in [0, 0.05) is 6.61 Å². The zero-order chi connectivity index (χ0) is 10.2. The number of rotatable bonds is 6. The smallest absolute Gasteiger partial charge is 0.0575 e. The Bertz CT molecular complexity index is 150. The van der Waals surface area contributed by atoms with Gasteiger partial charge in [-0.25, -0.2) is 0 Å². The van der Waals surface area contributed by atoms with E-state index >= 15 is 0 Å². The molecule has 0 aromatic heterocycles. The lowest BCUT2D eigenvalue weighted by Crippen LogP contribution is -2.19. The Kier molecular flexibility index (Phi) is 5.88. The van der Waals surface area contributed by atoms with Gasteiger partial charge >= 0.3 is 0 Å². The summed E-state index contributed by atoms with van der Waals surface area (Å²) in [5.41, 5.74) is 0. The fraction of sp³-hybridized carbons (Fsp3) is 0.833. The number of aliphatic hydroxyl groups is 1. The molecule has 14 heavy (non-hydrogen) atoms. The highest BCUT2D eigenvalue weighted by atomic mass is 16.5. The van der Waals surface area contributed by atoms with E-state index in [4.69, 9.17) is 4.74 Å². The van der Waals surface area contributed by atoms with Crippen LogP contribution < -0.4 is 0 Å². The summed E-state index contributed by atoms with van der Waals surface area (Å²) in [5, 5.41) is 9.47. The highest BCUT2D eigenvalue weighted by molar-refractivity contribution is 4.73. The number of ether oxygens (including phenoxy) is 1. The summed E-state index contributed by atoms with van der Waals surface area (Å²) in [6, 6.07) is 0. The summed E-state index contributed by atoms with van der Waals surface area (Å²) in [4.78, 5) is 0. The molecule has 0 aromatic carbocycles. The third-order valence-corrected chi connectivity index (χ3v) is 2.78. The Morgan fingerprint density at radius 1 is 1.50 bits per heavy atom. The molecule has 0 aliphatic carbocycles. The first-order valence-electron chi connectivity index (χ1n) is 5.73. The van der Waals surface area contributed by atoms with Crippen molar-refractivity contribution in [1.29, 1.82) is 0 Å². The van der Waals surface area contributed by atoms with Crippen LogP contribution in [0.15, 0.2) is 12.7 Å². The molecule has 0 amide bonds. The van der Waals surface area contributed by atoms with Crippen LogP contribution in [0.3, 0.4) is 0 Å². The van der Waals surface area contributed by atoms with Crippen molar-refractivity contribution in [3.63, 3.8) is 0 Å². The average Bonchev–Trinajstić information content (AvgIpc) is 2.20. The summed E-state index contributed by atoms with van der Waals surface area (Å²) in [7, 11) is 0. The molecule has 1 fully saturated rings. The molecule has 1 heterocycles. The molecule has 0 spiro atoms. The highest BCUT2D eigenvalue weighted by Gasteiger charge is 2.13. The SMILES string of the molecule is C=CCC(O)CCCC1CCCCO1. The average molecular weight is 198 g/mol. The fourth-order valence-corrected chi connectivity index (χ4v) is 1.93. The van der Waals surface area contributed by atoms with Crippen molar-refractivity contribution in [3.05, 3.63) is 12.7 Å². The molecule has 0 saturated carbocycles. The van der Waals surface area contributed by atoms with Gasteiger partial charge in [-0.1, -0.05) is 6.08 Å². The molecule has 2 heteroatoms. The van der Waals surface area contributed by atoms with E-state index in [9.17, 15) is 5.11 Å². The third kappa shape index (κ3) is 4.77. The molecular formula is C12H22O2. The molecule has 1 N–H and O–H groups in total. The van der Waals surface area contributed by atoms with Crippen LogP contribution in [0.2, 0.25) is 0 Å². The Morgan fingerprint density at radius 2 is 2.36 bits per heavy atom. The lowest BCUT2D eigenvalue weighted by Gasteiger charge is -2.22. The zero-order valence-corrected chi connectivity index (χ0v) is 8.95. The predicted octanol–water partition coefficient (Wildman–Crippen LogP) is 2.66. The lowest BCUT2D eigenvalue weighted by molar-refractivity contribution is 0.00791. The van der Waals surface area contributed by atoms with Crippen molar-refractivity contribution in [2.24, 2.45) is 0 Å². The van der Waals surface area contributed by atoms with E-state index in [0.29, 0.717) is 12.5 Å². The molecule has 0 bridgehead atoms. The summed E-state index contributed by atoms with van der Waals surface area (Å²) in [5.74, 6) is 0. The molecule has 2 unspecified atom stereocenters. The molecule has 82 valence electrons. The maximum absolute atomic E-state index is 9.47. The van der Waals surface area contributed by atoms with Crippen molar-refractivity contribution >= 4 is 0 Å². The monoisotopic (exact) mass is 198 g/mol. The molecule has 2 atom stereocenters. The largest absolute Gasteiger partial charge is 0.393 e. The van der Waals surface area contributed by atoms with Gasteiger partial charge in [-0.3, -0.25) is 0 Å². The third-order valence-electron chi connectivity index (χ3n) is 2.78. The van der Waals surface area contributed by atoms with Crippen molar-refractivity contribution in [3.8, 4) is 0 Å². The van der Waals surface area contributed by atoms with Gasteiger partial charge < -0.3 is 9.84 Å². The standard InChI is InChI=1S/C12H22O2/c1-2-6-11(13)7-5-9-12-8-3-4-10-14-12/h2,11-13H,1,3-10H2. The van der Waals surface area contributed by atoms with E-state index in [1.54, 1.807) is 6.08 Å². The van der Waals surface area contributed by atoms with Crippen LogP contribution in [0.25, 0.3) is 0 Å². The highest BCUT2D eigenvalue weighted by Crippen LogP contribution is 2.18. The summed E-state index contributed by atoms with van der Waals surface area (Å²) >= 11 is 0. The molecule has 0 aromatic rings. The normalized spacial score (nSPS) is 24.5. The second-order valence-corrected chi connectivity index (χ2v) is 4.10. The topological polar surface area (TPSA) is 29.5 Å². The maximum atomic E-state index is 9.47. The first-order chi connectivity index (χ1) is 6.83. The zero-order valence-electron chi connectivity index (χ0n) is 8.95. The number of aliphatic hydroxyl groups excluding tert-OH is 1. The molecule has 1 aliphatic rings. The van der Waals surface area contributed by atoms with E-state index in [1.807, 2.05) is 0 Å². The van der Waals surface area contributed by atoms with Crippen LogP contribution in [0.4, 0.5) is 0 Å². The minimum absolute atomic E-state index is 0.198. The van der Waals surface area contributed by atoms with Gasteiger partial charge in [-0.15, -0.1) is 6.58 Å². The van der Waals surface area contributed by atoms with Crippen LogP contribution >= 0.6 is 0 Å². The Balaban J connectivity index is 1.99. The van der Waals surface area contributed by atoms with Crippen LogP contribution in [-0.4, -0.2) is 23.9 Å². The van der Waals surface area contributed by atoms with Gasteiger partial charge in [0.05, 0.1) is 12.2 Å². The summed E-state index contributed by atoms with van der Waals surface area (Å²) in [6.45, 7) is 4.54. The van der Waals surface area contributed by atoms with E-state index < -0.39 is 0 Å². The maximum Gasteiger partial charge on any atom is 0.0575 e. The second kappa shape index (κ2) is 7.02. The van der Waals surface area contributed by atoms with Crippen LogP contribution in [0.1, 0.15) is 44.9 Å². The predicted molar refractivity (Wildman–Crippen MR) is 58.3 cm³/mol. The minimum Gasteiger partial charge on any atom is -0.393 e. The van der Waals surface area contributed by atoms with E-state index in [1.165, 1.54) is 19.3 Å². The van der Waals surface area contributed by atoms with Crippen molar-refractivity contribution < 1.29 is 9.84 Å². The van der Waals surface area contributed by atoms with Gasteiger partial charge in [-0.2, -0.15) is 0 Å². The van der Waals surface area contributed by atoms with Gasteiger partial charge in [0.1, 0.15) is 0 Å². The molecule has 0 radical (unpaired) electrons. The van der Waals surface area contributed by atoms with Gasteiger partial charge in [0.15, 0.2) is 0 Å². The van der Waals surface area contributed by atoms with E-state index in [0.717, 1.165) is 25.9 Å². The van der Waals surface area contributed by atoms with Crippen molar-refractivity contribution in [2.75, 3.05) is 6.61 Å².